The summed E-state index contributed by atoms with van der Waals surface area (Å²) in [7, 11) is 0. The number of carbonyl (C=O) groups excluding carboxylic acids is 1. The SMILES string of the molecule is O=C(Cn1nc(C(CF)C(F)F)c2cc(Br)ccc2c1=O)Nc1ncncc1F. The predicted octanol–water partition coefficient (Wildman–Crippen LogP) is 3.05. The first-order valence-corrected chi connectivity index (χ1v) is 8.91. The lowest BCUT2D eigenvalue weighted by atomic mass is 10.0. The number of benzene rings is 1. The topological polar surface area (TPSA) is 89.8 Å². The van der Waals surface area contributed by atoms with E-state index in [0.29, 0.717) is 9.15 Å². The molecular weight excluding hydrogens is 462 g/mol. The second kappa shape index (κ2) is 8.64. The normalized spacial score (nSPS) is 12.3. The van der Waals surface area contributed by atoms with Gasteiger partial charge in [-0.25, -0.2) is 27.8 Å². The molecule has 0 spiro atoms. The van der Waals surface area contributed by atoms with Crippen molar-refractivity contribution in [2.45, 2.75) is 18.9 Å². The van der Waals surface area contributed by atoms with Gasteiger partial charge in [0.15, 0.2) is 11.6 Å². The number of aromatic nitrogens is 4. The van der Waals surface area contributed by atoms with Gasteiger partial charge in [-0.2, -0.15) is 5.10 Å². The third-order valence-electron chi connectivity index (χ3n) is 3.99. The highest BCUT2D eigenvalue weighted by atomic mass is 79.9. The quantitative estimate of drug-likeness (QED) is 0.555. The van der Waals surface area contributed by atoms with Gasteiger partial charge in [0.1, 0.15) is 19.5 Å². The molecule has 1 aromatic carbocycles. The van der Waals surface area contributed by atoms with Crippen LogP contribution >= 0.6 is 15.9 Å². The van der Waals surface area contributed by atoms with E-state index in [9.17, 15) is 27.2 Å². The van der Waals surface area contributed by atoms with Gasteiger partial charge in [0.05, 0.1) is 23.2 Å². The molecule has 0 aliphatic carbocycles. The van der Waals surface area contributed by atoms with Crippen molar-refractivity contribution >= 4 is 38.4 Å². The fourth-order valence-corrected chi connectivity index (χ4v) is 3.00. The highest BCUT2D eigenvalue weighted by molar-refractivity contribution is 9.10. The minimum absolute atomic E-state index is 0.0154. The van der Waals surface area contributed by atoms with Gasteiger partial charge >= 0.3 is 0 Å². The predicted molar refractivity (Wildman–Crippen MR) is 99.0 cm³/mol. The molecule has 1 N–H and O–H groups in total. The fraction of sp³-hybridized carbons (Fsp3) is 0.235. The first-order chi connectivity index (χ1) is 13.8. The number of carbonyl (C=O) groups is 1. The van der Waals surface area contributed by atoms with Gasteiger partial charge in [-0.05, 0) is 18.2 Å². The lowest BCUT2D eigenvalue weighted by Gasteiger charge is -2.16. The van der Waals surface area contributed by atoms with Crippen molar-refractivity contribution < 1.29 is 22.4 Å². The molecule has 0 saturated heterocycles. The van der Waals surface area contributed by atoms with Crippen LogP contribution in [0.15, 0.2) is 40.0 Å². The van der Waals surface area contributed by atoms with E-state index in [1.54, 1.807) is 0 Å². The molecule has 3 aromatic rings. The van der Waals surface area contributed by atoms with Gasteiger partial charge in [0, 0.05) is 9.86 Å². The van der Waals surface area contributed by atoms with E-state index < -0.39 is 48.7 Å². The monoisotopic (exact) mass is 473 g/mol. The lowest BCUT2D eigenvalue weighted by Crippen LogP contribution is -2.32. The highest BCUT2D eigenvalue weighted by Gasteiger charge is 2.28. The van der Waals surface area contributed by atoms with E-state index in [4.69, 9.17) is 0 Å². The van der Waals surface area contributed by atoms with Crippen LogP contribution in [0.25, 0.3) is 10.8 Å². The number of hydrogen-bond acceptors (Lipinski definition) is 5. The standard InChI is InChI=1S/C17H12BrF4N5O2/c18-8-1-2-9-10(3-8)14(11(4-19)15(21)22)26-27(17(9)29)6-13(28)25-16-12(20)5-23-7-24-16/h1-3,5,7,11,15H,4,6H2,(H,23,24,25,28). The lowest BCUT2D eigenvalue weighted by molar-refractivity contribution is -0.117. The molecule has 7 nitrogen and oxygen atoms in total. The van der Waals surface area contributed by atoms with Crippen molar-refractivity contribution in [2.75, 3.05) is 12.0 Å². The number of nitrogens with one attached hydrogen (secondary N) is 1. The van der Waals surface area contributed by atoms with E-state index in [1.807, 2.05) is 0 Å². The number of alkyl halides is 3. The van der Waals surface area contributed by atoms with Crippen molar-refractivity contribution in [1.29, 1.82) is 0 Å². The van der Waals surface area contributed by atoms with Crippen LogP contribution in [0, 0.1) is 5.82 Å². The van der Waals surface area contributed by atoms with Crippen LogP contribution < -0.4 is 10.9 Å². The summed E-state index contributed by atoms with van der Waals surface area (Å²) in [5.74, 6) is -4.09. The number of amides is 1. The van der Waals surface area contributed by atoms with Crippen LogP contribution in [-0.2, 0) is 11.3 Å². The van der Waals surface area contributed by atoms with E-state index in [2.05, 4.69) is 36.3 Å². The Morgan fingerprint density at radius 1 is 1.28 bits per heavy atom. The summed E-state index contributed by atoms with van der Waals surface area (Å²) in [5.41, 5.74) is -1.11. The van der Waals surface area contributed by atoms with E-state index in [0.717, 1.165) is 12.5 Å². The second-order valence-corrected chi connectivity index (χ2v) is 6.82. The number of nitrogens with zero attached hydrogens (tertiary/aromatic N) is 4. The third kappa shape index (κ3) is 4.42. The molecule has 3 rings (SSSR count). The first-order valence-electron chi connectivity index (χ1n) is 8.11. The molecule has 12 heteroatoms. The largest absolute Gasteiger partial charge is 0.307 e. The molecule has 1 unspecified atom stereocenters. The molecule has 152 valence electrons. The molecule has 0 aliphatic rings. The number of hydrogen-bond donors (Lipinski definition) is 1. The average molecular weight is 474 g/mol. The minimum Gasteiger partial charge on any atom is -0.307 e. The van der Waals surface area contributed by atoms with Crippen molar-refractivity contribution in [3.8, 4) is 0 Å². The molecule has 0 fully saturated rings. The molecular formula is C17H12BrF4N5O2. The molecule has 1 amide bonds. The third-order valence-corrected chi connectivity index (χ3v) is 4.48. The first kappa shape index (κ1) is 20.8. The zero-order valence-corrected chi connectivity index (χ0v) is 16.0. The second-order valence-electron chi connectivity index (χ2n) is 5.90. The van der Waals surface area contributed by atoms with Gasteiger partial charge in [0.25, 0.3) is 5.56 Å². The van der Waals surface area contributed by atoms with Crippen molar-refractivity contribution in [2.24, 2.45) is 0 Å². The molecule has 0 aliphatic heterocycles. The van der Waals surface area contributed by atoms with Gasteiger partial charge < -0.3 is 5.32 Å². The maximum Gasteiger partial charge on any atom is 0.275 e. The van der Waals surface area contributed by atoms with Gasteiger partial charge in [-0.15, -0.1) is 0 Å². The van der Waals surface area contributed by atoms with Crippen LogP contribution in [-0.4, -0.2) is 38.8 Å². The van der Waals surface area contributed by atoms with Crippen molar-refractivity contribution in [1.82, 2.24) is 19.7 Å². The van der Waals surface area contributed by atoms with Crippen molar-refractivity contribution in [3.63, 3.8) is 0 Å². The maximum atomic E-state index is 13.6. The van der Waals surface area contributed by atoms with Crippen LogP contribution in [0.2, 0.25) is 0 Å². The maximum absolute atomic E-state index is 13.6. The smallest absolute Gasteiger partial charge is 0.275 e. The molecule has 2 heterocycles. The summed E-state index contributed by atoms with van der Waals surface area (Å²) in [6.45, 7) is -2.13. The van der Waals surface area contributed by atoms with Gasteiger partial charge in [-0.1, -0.05) is 15.9 Å². The van der Waals surface area contributed by atoms with Crippen molar-refractivity contribution in [3.05, 3.63) is 57.1 Å². The molecule has 0 saturated carbocycles. The number of anilines is 1. The molecule has 29 heavy (non-hydrogen) atoms. The summed E-state index contributed by atoms with van der Waals surface area (Å²) in [4.78, 5) is 31.8. The zero-order chi connectivity index (χ0) is 21.1. The van der Waals surface area contributed by atoms with Crippen LogP contribution in [0.5, 0.6) is 0 Å². The Balaban J connectivity index is 2.05. The number of fused-ring (bicyclic) bond motifs is 1. The Morgan fingerprint density at radius 2 is 2.03 bits per heavy atom. The Kier molecular flexibility index (Phi) is 6.20. The average Bonchev–Trinajstić information content (AvgIpc) is 2.67. The summed E-state index contributed by atoms with van der Waals surface area (Å²) in [6.07, 6.45) is -1.25. The minimum atomic E-state index is -3.08. The fourth-order valence-electron chi connectivity index (χ4n) is 2.64. The van der Waals surface area contributed by atoms with Crippen LogP contribution in [0.4, 0.5) is 23.4 Å². The summed E-state index contributed by atoms with van der Waals surface area (Å²) >= 11 is 3.17. The summed E-state index contributed by atoms with van der Waals surface area (Å²) in [6, 6.07) is 4.23. The zero-order valence-electron chi connectivity index (χ0n) is 14.5. The van der Waals surface area contributed by atoms with Gasteiger partial charge in [-0.3, -0.25) is 14.0 Å². The molecule has 0 bridgehead atoms. The summed E-state index contributed by atoms with van der Waals surface area (Å²) in [5, 5.41) is 5.98. The molecule has 2 aromatic heterocycles. The number of halogens is 5. The Hall–Kier alpha value is -2.89. The van der Waals surface area contributed by atoms with Crippen LogP contribution in [0.1, 0.15) is 11.6 Å². The highest BCUT2D eigenvalue weighted by Crippen LogP contribution is 2.29. The Labute approximate surface area is 168 Å². The number of rotatable bonds is 6. The van der Waals surface area contributed by atoms with E-state index in [1.165, 1.54) is 18.2 Å². The molecule has 0 radical (unpaired) electrons. The van der Waals surface area contributed by atoms with E-state index >= 15 is 0 Å². The molecule has 1 atom stereocenters. The van der Waals surface area contributed by atoms with E-state index in [-0.39, 0.29) is 16.5 Å². The van der Waals surface area contributed by atoms with Crippen LogP contribution in [0.3, 0.4) is 0 Å². The summed E-state index contributed by atoms with van der Waals surface area (Å²) < 4.78 is 54.6. The van der Waals surface area contributed by atoms with Gasteiger partial charge in [0.2, 0.25) is 12.3 Å². The Bertz CT molecular complexity index is 1120. The Morgan fingerprint density at radius 3 is 2.69 bits per heavy atom.